The first-order valence-electron chi connectivity index (χ1n) is 5.57. The van der Waals surface area contributed by atoms with Gasteiger partial charge in [0.25, 0.3) is 0 Å². The molecule has 0 atom stereocenters. The van der Waals surface area contributed by atoms with Crippen LogP contribution in [-0.2, 0) is 0 Å². The summed E-state index contributed by atoms with van der Waals surface area (Å²) in [6, 6.07) is 5.67. The minimum absolute atomic E-state index is 0.0137. The fraction of sp³-hybridized carbons (Fsp3) is 0.167. The number of nitrogens with zero attached hydrogens (tertiary/aromatic N) is 2. The number of halogens is 3. The second-order valence-corrected chi connectivity index (χ2v) is 3.84. The lowest BCUT2D eigenvalue weighted by Gasteiger charge is -2.08. The zero-order chi connectivity index (χ0) is 14.7. The van der Waals surface area contributed by atoms with E-state index in [1.165, 1.54) is 31.2 Å². The molecule has 1 aromatic carbocycles. The molecule has 106 valence electrons. The number of ether oxygens (including phenoxy) is 1. The Balaban J connectivity index is 2.34. The highest BCUT2D eigenvalue weighted by atomic mass is 19.3. The number of aryl methyl sites for hydroxylation is 1. The number of anilines is 1. The molecule has 2 rings (SSSR count). The third kappa shape index (κ3) is 2.97. The number of rotatable bonds is 4. The van der Waals surface area contributed by atoms with Gasteiger partial charge < -0.3 is 10.2 Å². The van der Waals surface area contributed by atoms with Gasteiger partial charge in [0.15, 0.2) is 17.5 Å². The molecule has 1 heterocycles. The summed E-state index contributed by atoms with van der Waals surface area (Å²) in [7, 11) is 0. The number of hydrogen-bond donors (Lipinski definition) is 2. The van der Waals surface area contributed by atoms with Crippen molar-refractivity contribution in [1.82, 2.24) is 9.97 Å². The first-order chi connectivity index (χ1) is 9.51. The molecule has 0 bridgehead atoms. The molecule has 20 heavy (non-hydrogen) atoms. The number of hydrogen-bond acceptors (Lipinski definition) is 5. The van der Waals surface area contributed by atoms with Crippen molar-refractivity contribution in [2.24, 2.45) is 5.84 Å². The maximum atomic E-state index is 13.5. The summed E-state index contributed by atoms with van der Waals surface area (Å²) < 4.78 is 41.8. The highest BCUT2D eigenvalue weighted by molar-refractivity contribution is 5.58. The molecule has 2 aromatic rings. The zero-order valence-corrected chi connectivity index (χ0v) is 10.4. The summed E-state index contributed by atoms with van der Waals surface area (Å²) in [4.78, 5) is 7.87. The molecule has 3 N–H and O–H groups in total. The van der Waals surface area contributed by atoms with Gasteiger partial charge >= 0.3 is 6.61 Å². The molecule has 0 saturated heterocycles. The number of nitrogens with two attached hydrogens (primary N) is 1. The SMILES string of the molecule is Cc1nc(-c2ccc(OC(F)F)cc2)nc(NN)c1F. The van der Waals surface area contributed by atoms with E-state index in [2.05, 4.69) is 20.1 Å². The second kappa shape index (κ2) is 5.74. The molecule has 0 spiro atoms. The Morgan fingerprint density at radius 2 is 1.85 bits per heavy atom. The Kier molecular flexibility index (Phi) is 4.04. The number of nitrogen functional groups attached to an aromatic ring is 1. The van der Waals surface area contributed by atoms with Crippen molar-refractivity contribution in [1.29, 1.82) is 0 Å². The first kappa shape index (κ1) is 14.1. The molecular formula is C12H11F3N4O. The van der Waals surface area contributed by atoms with E-state index in [4.69, 9.17) is 5.84 Å². The van der Waals surface area contributed by atoms with Crippen molar-refractivity contribution < 1.29 is 17.9 Å². The van der Waals surface area contributed by atoms with Crippen LogP contribution < -0.4 is 16.0 Å². The topological polar surface area (TPSA) is 73.1 Å². The predicted octanol–water partition coefficient (Wildman–Crippen LogP) is 2.48. The van der Waals surface area contributed by atoms with Crippen LogP contribution in [0, 0.1) is 12.7 Å². The molecule has 0 unspecified atom stereocenters. The van der Waals surface area contributed by atoms with E-state index < -0.39 is 12.4 Å². The van der Waals surface area contributed by atoms with Crippen molar-refractivity contribution in [3.63, 3.8) is 0 Å². The van der Waals surface area contributed by atoms with Gasteiger partial charge in [-0.3, -0.25) is 0 Å². The third-order valence-electron chi connectivity index (χ3n) is 2.49. The number of hydrazine groups is 1. The molecule has 5 nitrogen and oxygen atoms in total. The molecular weight excluding hydrogens is 273 g/mol. The van der Waals surface area contributed by atoms with Crippen molar-refractivity contribution in [3.05, 3.63) is 35.8 Å². The molecule has 0 amide bonds. The summed E-state index contributed by atoms with van der Waals surface area (Å²) in [5.41, 5.74) is 2.77. The molecule has 0 aliphatic rings. The van der Waals surface area contributed by atoms with E-state index in [9.17, 15) is 13.2 Å². The largest absolute Gasteiger partial charge is 0.435 e. The summed E-state index contributed by atoms with van der Waals surface area (Å²) in [6.07, 6.45) is 0. The highest BCUT2D eigenvalue weighted by Crippen LogP contribution is 2.23. The number of nitrogens with one attached hydrogen (secondary N) is 1. The minimum Gasteiger partial charge on any atom is -0.435 e. The highest BCUT2D eigenvalue weighted by Gasteiger charge is 2.12. The van der Waals surface area contributed by atoms with E-state index in [1.807, 2.05) is 0 Å². The first-order valence-corrected chi connectivity index (χ1v) is 5.57. The molecule has 0 fully saturated rings. The quantitative estimate of drug-likeness (QED) is 0.666. The number of benzene rings is 1. The predicted molar refractivity (Wildman–Crippen MR) is 66.6 cm³/mol. The third-order valence-corrected chi connectivity index (χ3v) is 2.49. The lowest BCUT2D eigenvalue weighted by molar-refractivity contribution is -0.0498. The Morgan fingerprint density at radius 3 is 2.40 bits per heavy atom. The second-order valence-electron chi connectivity index (χ2n) is 3.84. The fourth-order valence-electron chi connectivity index (χ4n) is 1.57. The van der Waals surface area contributed by atoms with Gasteiger partial charge in [-0.15, -0.1) is 0 Å². The van der Waals surface area contributed by atoms with Gasteiger partial charge in [-0.2, -0.15) is 8.78 Å². The molecule has 8 heteroatoms. The van der Waals surface area contributed by atoms with E-state index in [1.54, 1.807) is 0 Å². The fourth-order valence-corrected chi connectivity index (χ4v) is 1.57. The lowest BCUT2D eigenvalue weighted by atomic mass is 10.2. The summed E-state index contributed by atoms with van der Waals surface area (Å²) in [6.45, 7) is -1.42. The van der Waals surface area contributed by atoms with Crippen LogP contribution in [0.1, 0.15) is 5.69 Å². The Labute approximate surface area is 112 Å². The van der Waals surface area contributed by atoms with E-state index in [0.717, 1.165) is 0 Å². The van der Waals surface area contributed by atoms with Gasteiger partial charge in [-0.25, -0.2) is 20.2 Å². The van der Waals surface area contributed by atoms with Crippen molar-refractivity contribution in [2.75, 3.05) is 5.43 Å². The normalized spacial score (nSPS) is 10.7. The van der Waals surface area contributed by atoms with Gasteiger partial charge in [-0.1, -0.05) is 0 Å². The average molecular weight is 284 g/mol. The molecule has 0 aliphatic carbocycles. The average Bonchev–Trinajstić information content (AvgIpc) is 2.42. The van der Waals surface area contributed by atoms with Gasteiger partial charge in [0.1, 0.15) is 5.75 Å². The molecule has 0 saturated carbocycles. The molecule has 1 aromatic heterocycles. The van der Waals surface area contributed by atoms with Crippen LogP contribution in [0.3, 0.4) is 0 Å². The van der Waals surface area contributed by atoms with Gasteiger partial charge in [0.05, 0.1) is 5.69 Å². The Morgan fingerprint density at radius 1 is 1.20 bits per heavy atom. The van der Waals surface area contributed by atoms with Crippen LogP contribution >= 0.6 is 0 Å². The molecule has 0 radical (unpaired) electrons. The van der Waals surface area contributed by atoms with Crippen molar-refractivity contribution in [3.8, 4) is 17.1 Å². The summed E-state index contributed by atoms with van der Waals surface area (Å²) >= 11 is 0. The summed E-state index contributed by atoms with van der Waals surface area (Å²) in [5.74, 6) is 4.62. The van der Waals surface area contributed by atoms with E-state index in [0.29, 0.717) is 5.56 Å². The van der Waals surface area contributed by atoms with Crippen molar-refractivity contribution in [2.45, 2.75) is 13.5 Å². The zero-order valence-electron chi connectivity index (χ0n) is 10.4. The minimum atomic E-state index is -2.89. The van der Waals surface area contributed by atoms with E-state index >= 15 is 0 Å². The molecule has 0 aliphatic heterocycles. The van der Waals surface area contributed by atoms with Crippen LogP contribution in [-0.4, -0.2) is 16.6 Å². The van der Waals surface area contributed by atoms with Gasteiger partial charge in [-0.05, 0) is 31.2 Å². The number of aromatic nitrogens is 2. The van der Waals surface area contributed by atoms with Crippen LogP contribution in [0.4, 0.5) is 19.0 Å². The van der Waals surface area contributed by atoms with Crippen LogP contribution in [0.5, 0.6) is 5.75 Å². The standard InChI is InChI=1S/C12H11F3N4O/c1-6-9(13)11(19-16)18-10(17-6)7-2-4-8(5-3-7)20-12(14)15/h2-5,12H,16H2,1H3,(H,17,18,19). The lowest BCUT2D eigenvalue weighted by Crippen LogP contribution is -2.13. The van der Waals surface area contributed by atoms with E-state index in [-0.39, 0.29) is 23.1 Å². The summed E-state index contributed by atoms with van der Waals surface area (Å²) in [5, 5.41) is 0. The van der Waals surface area contributed by atoms with Crippen molar-refractivity contribution >= 4 is 5.82 Å². The van der Waals surface area contributed by atoms with Crippen LogP contribution in [0.15, 0.2) is 24.3 Å². The Bertz CT molecular complexity index is 604. The smallest absolute Gasteiger partial charge is 0.387 e. The van der Waals surface area contributed by atoms with Gasteiger partial charge in [0.2, 0.25) is 0 Å². The maximum absolute atomic E-state index is 13.5. The Hall–Kier alpha value is -2.35. The van der Waals surface area contributed by atoms with Crippen LogP contribution in [0.25, 0.3) is 11.4 Å². The van der Waals surface area contributed by atoms with Crippen LogP contribution in [0.2, 0.25) is 0 Å². The van der Waals surface area contributed by atoms with Gasteiger partial charge in [0, 0.05) is 5.56 Å². The maximum Gasteiger partial charge on any atom is 0.387 e. The monoisotopic (exact) mass is 284 g/mol. The number of alkyl halides is 2.